The summed E-state index contributed by atoms with van der Waals surface area (Å²) in [6, 6.07) is 0.772. The molecule has 1 heteroatoms. The van der Waals surface area contributed by atoms with Crippen molar-refractivity contribution in [2.45, 2.75) is 77.8 Å². The van der Waals surface area contributed by atoms with Crippen molar-refractivity contribution in [2.75, 3.05) is 0 Å². The summed E-state index contributed by atoms with van der Waals surface area (Å²) < 4.78 is 0. The minimum atomic E-state index is 0.371. The highest BCUT2D eigenvalue weighted by Crippen LogP contribution is 2.27. The second-order valence-electron chi connectivity index (χ2n) is 5.28. The number of rotatable bonds is 4. The Bertz CT molecular complexity index is 161. The Hall–Kier alpha value is -0.0400. The average molecular weight is 197 g/mol. The van der Waals surface area contributed by atoms with Crippen molar-refractivity contribution in [1.29, 1.82) is 0 Å². The van der Waals surface area contributed by atoms with Gasteiger partial charge < -0.3 is 5.32 Å². The number of hydrogen-bond acceptors (Lipinski definition) is 1. The first-order valence-corrected chi connectivity index (χ1v) is 6.39. The van der Waals surface area contributed by atoms with Crippen molar-refractivity contribution in [2.24, 2.45) is 5.92 Å². The molecule has 1 N–H and O–H groups in total. The van der Waals surface area contributed by atoms with Gasteiger partial charge in [0.2, 0.25) is 0 Å². The van der Waals surface area contributed by atoms with Gasteiger partial charge in [0.25, 0.3) is 0 Å². The van der Waals surface area contributed by atoms with Crippen LogP contribution in [0.4, 0.5) is 0 Å². The molecule has 0 aromatic heterocycles. The van der Waals surface area contributed by atoms with Crippen molar-refractivity contribution in [3.05, 3.63) is 0 Å². The van der Waals surface area contributed by atoms with Gasteiger partial charge in [-0.15, -0.1) is 0 Å². The van der Waals surface area contributed by atoms with Gasteiger partial charge in [0.05, 0.1) is 0 Å². The van der Waals surface area contributed by atoms with E-state index in [9.17, 15) is 0 Å². The summed E-state index contributed by atoms with van der Waals surface area (Å²) in [6.45, 7) is 9.37. The average Bonchev–Trinajstić information content (AvgIpc) is 2.21. The molecule has 1 aliphatic rings. The molecule has 0 heterocycles. The van der Waals surface area contributed by atoms with Crippen molar-refractivity contribution < 1.29 is 0 Å². The van der Waals surface area contributed by atoms with E-state index < -0.39 is 0 Å². The first kappa shape index (κ1) is 12.0. The summed E-state index contributed by atoms with van der Waals surface area (Å²) in [4.78, 5) is 0. The van der Waals surface area contributed by atoms with Gasteiger partial charge in [-0.25, -0.2) is 0 Å². The molecule has 84 valence electrons. The van der Waals surface area contributed by atoms with Gasteiger partial charge in [-0.1, -0.05) is 33.6 Å². The largest absolute Gasteiger partial charge is 0.309 e. The Labute approximate surface area is 89.7 Å². The molecule has 1 saturated carbocycles. The zero-order chi connectivity index (χ0) is 10.6. The first-order chi connectivity index (χ1) is 6.61. The van der Waals surface area contributed by atoms with E-state index in [4.69, 9.17) is 0 Å². The van der Waals surface area contributed by atoms with Gasteiger partial charge in [-0.3, -0.25) is 0 Å². The van der Waals surface area contributed by atoms with Crippen LogP contribution in [0, 0.1) is 5.92 Å². The standard InChI is InChI=1S/C13H27N/c1-5-13(4,6-2)14-12-10-8-7-9-11(12)3/h11-12,14H,5-10H2,1-4H3. The van der Waals surface area contributed by atoms with Crippen LogP contribution in [0.5, 0.6) is 0 Å². The van der Waals surface area contributed by atoms with Crippen molar-refractivity contribution in [3.63, 3.8) is 0 Å². The molecule has 0 bridgehead atoms. The monoisotopic (exact) mass is 197 g/mol. The van der Waals surface area contributed by atoms with E-state index in [2.05, 4.69) is 33.0 Å². The van der Waals surface area contributed by atoms with E-state index >= 15 is 0 Å². The SMILES string of the molecule is CCC(C)(CC)NC1CCCCC1C. The normalized spacial score (nSPS) is 29.1. The summed E-state index contributed by atoms with van der Waals surface area (Å²) in [5, 5.41) is 3.88. The fraction of sp³-hybridized carbons (Fsp3) is 1.00. The fourth-order valence-electron chi connectivity index (χ4n) is 2.43. The van der Waals surface area contributed by atoms with Gasteiger partial charge in [-0.05, 0) is 38.5 Å². The van der Waals surface area contributed by atoms with Crippen LogP contribution in [0.25, 0.3) is 0 Å². The summed E-state index contributed by atoms with van der Waals surface area (Å²) in [5.74, 6) is 0.876. The summed E-state index contributed by atoms with van der Waals surface area (Å²) in [5.41, 5.74) is 0.371. The topological polar surface area (TPSA) is 12.0 Å². The molecule has 2 unspecified atom stereocenters. The molecule has 0 aromatic rings. The highest BCUT2D eigenvalue weighted by Gasteiger charge is 2.28. The Morgan fingerprint density at radius 2 is 1.71 bits per heavy atom. The maximum Gasteiger partial charge on any atom is 0.0150 e. The van der Waals surface area contributed by atoms with E-state index in [1.807, 2.05) is 0 Å². The van der Waals surface area contributed by atoms with Crippen LogP contribution in [0.3, 0.4) is 0 Å². The molecule has 0 spiro atoms. The molecule has 1 aliphatic carbocycles. The summed E-state index contributed by atoms with van der Waals surface area (Å²) >= 11 is 0. The molecule has 0 amide bonds. The van der Waals surface area contributed by atoms with Gasteiger partial charge >= 0.3 is 0 Å². The maximum absolute atomic E-state index is 3.88. The van der Waals surface area contributed by atoms with Crippen molar-refractivity contribution in [1.82, 2.24) is 5.32 Å². The van der Waals surface area contributed by atoms with Gasteiger partial charge in [0.15, 0.2) is 0 Å². The minimum Gasteiger partial charge on any atom is -0.309 e. The summed E-state index contributed by atoms with van der Waals surface area (Å²) in [7, 11) is 0. The van der Waals surface area contributed by atoms with Crippen LogP contribution in [-0.4, -0.2) is 11.6 Å². The van der Waals surface area contributed by atoms with Crippen LogP contribution < -0.4 is 5.32 Å². The quantitative estimate of drug-likeness (QED) is 0.724. The summed E-state index contributed by atoms with van der Waals surface area (Å²) in [6.07, 6.45) is 8.15. The van der Waals surface area contributed by atoms with Crippen molar-refractivity contribution >= 4 is 0 Å². The Kier molecular flexibility index (Phi) is 4.43. The Balaban J connectivity index is 2.48. The second kappa shape index (κ2) is 5.16. The smallest absolute Gasteiger partial charge is 0.0150 e. The van der Waals surface area contributed by atoms with E-state index in [0.717, 1.165) is 12.0 Å². The highest BCUT2D eigenvalue weighted by molar-refractivity contribution is 4.88. The Morgan fingerprint density at radius 1 is 1.14 bits per heavy atom. The number of nitrogens with one attached hydrogen (secondary N) is 1. The molecule has 14 heavy (non-hydrogen) atoms. The lowest BCUT2D eigenvalue weighted by Crippen LogP contribution is -2.50. The van der Waals surface area contributed by atoms with Crippen molar-refractivity contribution in [3.8, 4) is 0 Å². The van der Waals surface area contributed by atoms with Crippen LogP contribution in [0.15, 0.2) is 0 Å². The molecule has 0 aliphatic heterocycles. The second-order valence-corrected chi connectivity index (χ2v) is 5.28. The molecule has 1 rings (SSSR count). The predicted octanol–water partition coefficient (Wildman–Crippen LogP) is 3.73. The van der Waals surface area contributed by atoms with E-state index in [0.29, 0.717) is 5.54 Å². The lowest BCUT2D eigenvalue weighted by Gasteiger charge is -2.38. The van der Waals surface area contributed by atoms with Crippen LogP contribution in [0.2, 0.25) is 0 Å². The van der Waals surface area contributed by atoms with E-state index in [-0.39, 0.29) is 0 Å². The zero-order valence-electron chi connectivity index (χ0n) is 10.4. The van der Waals surface area contributed by atoms with Crippen LogP contribution in [0.1, 0.15) is 66.2 Å². The zero-order valence-corrected chi connectivity index (χ0v) is 10.4. The van der Waals surface area contributed by atoms with Crippen LogP contribution >= 0.6 is 0 Å². The fourth-order valence-corrected chi connectivity index (χ4v) is 2.43. The van der Waals surface area contributed by atoms with E-state index in [1.165, 1.54) is 38.5 Å². The minimum absolute atomic E-state index is 0.371. The third kappa shape index (κ3) is 2.98. The van der Waals surface area contributed by atoms with Gasteiger partial charge in [0.1, 0.15) is 0 Å². The van der Waals surface area contributed by atoms with Crippen LogP contribution in [-0.2, 0) is 0 Å². The molecular weight excluding hydrogens is 170 g/mol. The molecule has 1 fully saturated rings. The molecule has 2 atom stereocenters. The third-order valence-corrected chi connectivity index (χ3v) is 4.21. The molecule has 1 nitrogen and oxygen atoms in total. The highest BCUT2D eigenvalue weighted by atomic mass is 15.0. The lowest BCUT2D eigenvalue weighted by atomic mass is 9.83. The third-order valence-electron chi connectivity index (χ3n) is 4.21. The molecule has 0 radical (unpaired) electrons. The van der Waals surface area contributed by atoms with Gasteiger partial charge in [0, 0.05) is 11.6 Å². The first-order valence-electron chi connectivity index (χ1n) is 6.39. The maximum atomic E-state index is 3.88. The lowest BCUT2D eigenvalue weighted by molar-refractivity contribution is 0.203. The number of hydrogen-bond donors (Lipinski definition) is 1. The molecule has 0 saturated heterocycles. The predicted molar refractivity (Wildman–Crippen MR) is 63.5 cm³/mol. The van der Waals surface area contributed by atoms with E-state index in [1.54, 1.807) is 0 Å². The molecule has 0 aromatic carbocycles. The molecular formula is C13H27N. The van der Waals surface area contributed by atoms with Gasteiger partial charge in [-0.2, -0.15) is 0 Å². The Morgan fingerprint density at radius 3 is 2.21 bits per heavy atom.